The summed E-state index contributed by atoms with van der Waals surface area (Å²) >= 11 is 0. The maximum atomic E-state index is 6.46. The number of methoxy groups -OCH3 is 1. The van der Waals surface area contributed by atoms with Crippen LogP contribution in [0.25, 0.3) is 0 Å². The molecule has 1 atom stereocenters. The number of aryl methyl sites for hydroxylation is 4. The van der Waals surface area contributed by atoms with Gasteiger partial charge in [-0.25, -0.2) is 0 Å². The zero-order chi connectivity index (χ0) is 15.6. The standard InChI is InChI=1S/C19H25NO/c1-12-8-15(4)19(18(9-12)21-5)17(20)11-16-7-6-13(2)14(3)10-16/h6-10,17H,11,20H2,1-5H3. The highest BCUT2D eigenvalue weighted by atomic mass is 16.5. The molecule has 0 saturated heterocycles. The Bertz CT molecular complexity index is 646. The molecule has 21 heavy (non-hydrogen) atoms. The molecule has 2 nitrogen and oxygen atoms in total. The van der Waals surface area contributed by atoms with Crippen molar-refractivity contribution in [2.45, 2.75) is 40.2 Å². The summed E-state index contributed by atoms with van der Waals surface area (Å²) in [5, 5.41) is 0. The molecule has 0 amide bonds. The molecule has 0 spiro atoms. The maximum Gasteiger partial charge on any atom is 0.124 e. The van der Waals surface area contributed by atoms with Gasteiger partial charge >= 0.3 is 0 Å². The van der Waals surface area contributed by atoms with E-state index in [1.807, 2.05) is 0 Å². The van der Waals surface area contributed by atoms with Gasteiger partial charge in [0.05, 0.1) is 7.11 Å². The second-order valence-corrected chi connectivity index (χ2v) is 5.93. The van der Waals surface area contributed by atoms with Crippen LogP contribution < -0.4 is 10.5 Å². The van der Waals surface area contributed by atoms with Crippen LogP contribution in [0.5, 0.6) is 5.75 Å². The van der Waals surface area contributed by atoms with Gasteiger partial charge < -0.3 is 10.5 Å². The predicted octanol–water partition coefficient (Wildman–Crippen LogP) is 4.17. The van der Waals surface area contributed by atoms with E-state index in [4.69, 9.17) is 10.5 Å². The number of benzene rings is 2. The average molecular weight is 283 g/mol. The zero-order valence-corrected chi connectivity index (χ0v) is 13.7. The van der Waals surface area contributed by atoms with E-state index >= 15 is 0 Å². The van der Waals surface area contributed by atoms with E-state index < -0.39 is 0 Å². The molecule has 2 rings (SSSR count). The molecule has 0 fully saturated rings. The lowest BCUT2D eigenvalue weighted by molar-refractivity contribution is 0.404. The average Bonchev–Trinajstić information content (AvgIpc) is 2.41. The third-order valence-electron chi connectivity index (χ3n) is 4.11. The third-order valence-corrected chi connectivity index (χ3v) is 4.11. The van der Waals surface area contributed by atoms with E-state index in [1.54, 1.807) is 7.11 Å². The lowest BCUT2D eigenvalue weighted by Crippen LogP contribution is -2.16. The first-order valence-electron chi connectivity index (χ1n) is 7.39. The normalized spacial score (nSPS) is 12.3. The Morgan fingerprint density at radius 2 is 1.67 bits per heavy atom. The van der Waals surface area contributed by atoms with Crippen LogP contribution >= 0.6 is 0 Å². The fraction of sp³-hybridized carbons (Fsp3) is 0.368. The topological polar surface area (TPSA) is 35.2 Å². The number of hydrogen-bond acceptors (Lipinski definition) is 2. The largest absolute Gasteiger partial charge is 0.496 e. The summed E-state index contributed by atoms with van der Waals surface area (Å²) in [4.78, 5) is 0. The van der Waals surface area contributed by atoms with Gasteiger partial charge in [0.1, 0.15) is 5.75 Å². The lowest BCUT2D eigenvalue weighted by Gasteiger charge is -2.19. The van der Waals surface area contributed by atoms with Gasteiger partial charge in [0, 0.05) is 11.6 Å². The van der Waals surface area contributed by atoms with Gasteiger partial charge in [-0.15, -0.1) is 0 Å². The maximum absolute atomic E-state index is 6.46. The minimum absolute atomic E-state index is 0.0531. The highest BCUT2D eigenvalue weighted by Gasteiger charge is 2.16. The lowest BCUT2D eigenvalue weighted by atomic mass is 9.93. The molecule has 2 aromatic carbocycles. The molecular formula is C19H25NO. The Morgan fingerprint density at radius 1 is 0.952 bits per heavy atom. The van der Waals surface area contributed by atoms with Gasteiger partial charge in [-0.2, -0.15) is 0 Å². The molecule has 0 bridgehead atoms. The van der Waals surface area contributed by atoms with Gasteiger partial charge in [0.25, 0.3) is 0 Å². The van der Waals surface area contributed by atoms with Crippen LogP contribution in [0.1, 0.15) is 39.4 Å². The van der Waals surface area contributed by atoms with Crippen molar-refractivity contribution in [3.8, 4) is 5.75 Å². The van der Waals surface area contributed by atoms with Crippen LogP contribution in [0.2, 0.25) is 0 Å². The highest BCUT2D eigenvalue weighted by molar-refractivity contribution is 5.45. The zero-order valence-electron chi connectivity index (χ0n) is 13.7. The van der Waals surface area contributed by atoms with Crippen molar-refractivity contribution in [2.24, 2.45) is 5.73 Å². The molecule has 0 radical (unpaired) electrons. The third kappa shape index (κ3) is 3.45. The van der Waals surface area contributed by atoms with Crippen molar-refractivity contribution in [3.63, 3.8) is 0 Å². The van der Waals surface area contributed by atoms with E-state index in [1.165, 1.54) is 27.8 Å². The summed E-state index contributed by atoms with van der Waals surface area (Å²) in [7, 11) is 1.71. The fourth-order valence-electron chi connectivity index (χ4n) is 2.87. The van der Waals surface area contributed by atoms with E-state index in [9.17, 15) is 0 Å². The fourth-order valence-corrected chi connectivity index (χ4v) is 2.87. The van der Waals surface area contributed by atoms with Gasteiger partial charge in [-0.3, -0.25) is 0 Å². The quantitative estimate of drug-likeness (QED) is 0.914. The smallest absolute Gasteiger partial charge is 0.124 e. The molecular weight excluding hydrogens is 258 g/mol. The predicted molar refractivity (Wildman–Crippen MR) is 89.0 cm³/mol. The molecule has 0 saturated carbocycles. The molecule has 2 aromatic rings. The van der Waals surface area contributed by atoms with Crippen LogP contribution in [-0.4, -0.2) is 7.11 Å². The Kier molecular flexibility index (Phi) is 4.69. The monoisotopic (exact) mass is 283 g/mol. The molecule has 2 heteroatoms. The summed E-state index contributed by atoms with van der Waals surface area (Å²) in [6.07, 6.45) is 0.821. The summed E-state index contributed by atoms with van der Waals surface area (Å²) < 4.78 is 5.53. The van der Waals surface area contributed by atoms with Crippen molar-refractivity contribution >= 4 is 0 Å². The number of hydrogen-bond donors (Lipinski definition) is 1. The van der Waals surface area contributed by atoms with Crippen LogP contribution in [-0.2, 0) is 6.42 Å². The Morgan fingerprint density at radius 3 is 2.29 bits per heavy atom. The molecule has 0 heterocycles. The van der Waals surface area contributed by atoms with Gasteiger partial charge in [-0.1, -0.05) is 24.3 Å². The summed E-state index contributed by atoms with van der Waals surface area (Å²) in [5.41, 5.74) is 13.9. The SMILES string of the molecule is COc1cc(C)cc(C)c1C(N)Cc1ccc(C)c(C)c1. The van der Waals surface area contributed by atoms with Crippen molar-refractivity contribution in [2.75, 3.05) is 7.11 Å². The Hall–Kier alpha value is -1.80. The van der Waals surface area contributed by atoms with E-state index in [0.717, 1.165) is 17.7 Å². The highest BCUT2D eigenvalue weighted by Crippen LogP contribution is 2.31. The van der Waals surface area contributed by atoms with Crippen molar-refractivity contribution < 1.29 is 4.74 Å². The molecule has 2 N–H and O–H groups in total. The van der Waals surface area contributed by atoms with Crippen molar-refractivity contribution in [1.82, 2.24) is 0 Å². The molecule has 112 valence electrons. The van der Waals surface area contributed by atoms with Crippen molar-refractivity contribution in [3.05, 3.63) is 63.7 Å². The van der Waals surface area contributed by atoms with Crippen LogP contribution in [0, 0.1) is 27.7 Å². The summed E-state index contributed by atoms with van der Waals surface area (Å²) in [6, 6.07) is 10.7. The van der Waals surface area contributed by atoms with Gasteiger partial charge in [0.2, 0.25) is 0 Å². The van der Waals surface area contributed by atoms with Crippen LogP contribution in [0.4, 0.5) is 0 Å². The first-order valence-corrected chi connectivity index (χ1v) is 7.39. The van der Waals surface area contributed by atoms with Crippen LogP contribution in [0.15, 0.2) is 30.3 Å². The molecule has 0 aliphatic heterocycles. The molecule has 0 aromatic heterocycles. The summed E-state index contributed by atoms with van der Waals surface area (Å²) in [5.74, 6) is 0.892. The summed E-state index contributed by atoms with van der Waals surface area (Å²) in [6.45, 7) is 8.45. The van der Waals surface area contributed by atoms with Gasteiger partial charge in [0.15, 0.2) is 0 Å². The molecule has 0 aliphatic carbocycles. The second-order valence-electron chi connectivity index (χ2n) is 5.93. The van der Waals surface area contributed by atoms with E-state index in [2.05, 4.69) is 58.0 Å². The second kappa shape index (κ2) is 6.31. The Balaban J connectivity index is 2.31. The first-order chi connectivity index (χ1) is 9.92. The van der Waals surface area contributed by atoms with Gasteiger partial charge in [-0.05, 0) is 68.0 Å². The molecule has 0 aliphatic rings. The number of rotatable bonds is 4. The van der Waals surface area contributed by atoms with E-state index in [0.29, 0.717) is 0 Å². The number of ether oxygens (including phenoxy) is 1. The molecule has 1 unspecified atom stereocenters. The minimum atomic E-state index is -0.0531. The van der Waals surface area contributed by atoms with E-state index in [-0.39, 0.29) is 6.04 Å². The number of nitrogens with two attached hydrogens (primary N) is 1. The Labute approximate surface area is 127 Å². The minimum Gasteiger partial charge on any atom is -0.496 e. The van der Waals surface area contributed by atoms with Crippen LogP contribution in [0.3, 0.4) is 0 Å². The first kappa shape index (κ1) is 15.6. The van der Waals surface area contributed by atoms with Crippen molar-refractivity contribution in [1.29, 1.82) is 0 Å².